The Morgan fingerprint density at radius 3 is 2.27 bits per heavy atom. The summed E-state index contributed by atoms with van der Waals surface area (Å²) in [6.07, 6.45) is 0. The maximum absolute atomic E-state index is 12.0. The molecule has 0 saturated carbocycles. The van der Waals surface area contributed by atoms with Gasteiger partial charge in [0.15, 0.2) is 0 Å². The van der Waals surface area contributed by atoms with Crippen molar-refractivity contribution < 1.29 is 14.3 Å². The van der Waals surface area contributed by atoms with Crippen molar-refractivity contribution in [1.29, 1.82) is 0 Å². The molecule has 3 rings (SSSR count). The standard InChI is InChI=1S/C23H20ClN3O3/c1-16(26-27-23(29)22(28)25-21-10-6-5-9-20(21)24)18-11-13-19(14-12-18)30-15-17-7-3-2-4-8-17/h2-14H,15H2,1H3,(H,25,28)(H,27,29)/b26-16+. The minimum Gasteiger partial charge on any atom is -0.489 e. The second-order valence-electron chi connectivity index (χ2n) is 6.37. The Morgan fingerprint density at radius 1 is 0.900 bits per heavy atom. The van der Waals surface area contributed by atoms with Crippen molar-refractivity contribution in [1.82, 2.24) is 5.43 Å². The highest BCUT2D eigenvalue weighted by Gasteiger charge is 2.14. The molecule has 0 bridgehead atoms. The van der Waals surface area contributed by atoms with Crippen molar-refractivity contribution in [2.45, 2.75) is 13.5 Å². The van der Waals surface area contributed by atoms with Crippen LogP contribution in [0, 0.1) is 0 Å². The summed E-state index contributed by atoms with van der Waals surface area (Å²) in [5.74, 6) is -1.03. The van der Waals surface area contributed by atoms with E-state index in [9.17, 15) is 9.59 Å². The van der Waals surface area contributed by atoms with E-state index in [0.717, 1.165) is 16.9 Å². The number of halogens is 1. The van der Waals surface area contributed by atoms with Crippen LogP contribution in [0.15, 0.2) is 84.0 Å². The van der Waals surface area contributed by atoms with E-state index in [1.807, 2.05) is 54.6 Å². The first-order valence-corrected chi connectivity index (χ1v) is 9.58. The first-order valence-electron chi connectivity index (χ1n) is 9.20. The molecule has 2 amide bonds. The first kappa shape index (κ1) is 21.1. The van der Waals surface area contributed by atoms with E-state index in [2.05, 4.69) is 15.8 Å². The molecule has 0 atom stereocenters. The highest BCUT2D eigenvalue weighted by molar-refractivity contribution is 6.41. The van der Waals surface area contributed by atoms with E-state index in [1.54, 1.807) is 31.2 Å². The van der Waals surface area contributed by atoms with Crippen LogP contribution in [0.5, 0.6) is 5.75 Å². The number of carbonyl (C=O) groups is 2. The zero-order valence-electron chi connectivity index (χ0n) is 16.3. The predicted molar refractivity (Wildman–Crippen MR) is 118 cm³/mol. The molecule has 0 spiro atoms. The Labute approximate surface area is 179 Å². The van der Waals surface area contributed by atoms with Crippen LogP contribution in [-0.4, -0.2) is 17.5 Å². The number of rotatable bonds is 6. The zero-order valence-corrected chi connectivity index (χ0v) is 17.0. The van der Waals surface area contributed by atoms with Gasteiger partial charge < -0.3 is 10.1 Å². The summed E-state index contributed by atoms with van der Waals surface area (Å²) in [6.45, 7) is 2.20. The Balaban J connectivity index is 1.53. The van der Waals surface area contributed by atoms with E-state index in [4.69, 9.17) is 16.3 Å². The van der Waals surface area contributed by atoms with E-state index < -0.39 is 11.8 Å². The molecule has 0 heterocycles. The van der Waals surface area contributed by atoms with Crippen LogP contribution in [-0.2, 0) is 16.2 Å². The SMILES string of the molecule is C/C(=N\NC(=O)C(=O)Nc1ccccc1Cl)c1ccc(OCc2ccccc2)cc1. The lowest BCUT2D eigenvalue weighted by Crippen LogP contribution is -2.33. The summed E-state index contributed by atoms with van der Waals surface area (Å²) in [5.41, 5.74) is 5.01. The van der Waals surface area contributed by atoms with E-state index in [0.29, 0.717) is 23.0 Å². The predicted octanol–water partition coefficient (Wildman–Crippen LogP) is 4.40. The topological polar surface area (TPSA) is 79.8 Å². The highest BCUT2D eigenvalue weighted by Crippen LogP contribution is 2.20. The number of benzene rings is 3. The number of nitrogens with zero attached hydrogens (tertiary/aromatic N) is 1. The van der Waals surface area contributed by atoms with Crippen molar-refractivity contribution in [2.24, 2.45) is 5.10 Å². The van der Waals surface area contributed by atoms with Crippen molar-refractivity contribution in [3.8, 4) is 5.75 Å². The largest absolute Gasteiger partial charge is 0.489 e. The molecular weight excluding hydrogens is 402 g/mol. The quantitative estimate of drug-likeness (QED) is 0.351. The molecule has 3 aromatic carbocycles. The average Bonchev–Trinajstić information content (AvgIpc) is 2.78. The third kappa shape index (κ3) is 5.93. The average molecular weight is 422 g/mol. The van der Waals surface area contributed by atoms with E-state index in [1.165, 1.54) is 0 Å². The Bertz CT molecular complexity index is 1050. The third-order valence-corrected chi connectivity index (χ3v) is 4.50. The van der Waals surface area contributed by atoms with Crippen LogP contribution >= 0.6 is 11.6 Å². The lowest BCUT2D eigenvalue weighted by molar-refractivity contribution is -0.136. The summed E-state index contributed by atoms with van der Waals surface area (Å²) >= 11 is 5.97. The molecule has 152 valence electrons. The lowest BCUT2D eigenvalue weighted by atomic mass is 10.1. The minimum absolute atomic E-state index is 0.341. The fourth-order valence-electron chi connectivity index (χ4n) is 2.52. The number of hydrazone groups is 1. The number of para-hydroxylation sites is 1. The van der Waals surface area contributed by atoms with Gasteiger partial charge in [0.1, 0.15) is 12.4 Å². The fourth-order valence-corrected chi connectivity index (χ4v) is 2.71. The van der Waals surface area contributed by atoms with Gasteiger partial charge in [0.25, 0.3) is 0 Å². The smallest absolute Gasteiger partial charge is 0.329 e. The van der Waals surface area contributed by atoms with Gasteiger partial charge in [-0.2, -0.15) is 5.10 Å². The van der Waals surface area contributed by atoms with Crippen molar-refractivity contribution in [3.63, 3.8) is 0 Å². The summed E-state index contributed by atoms with van der Waals surface area (Å²) in [6, 6.07) is 23.8. The molecule has 0 aliphatic heterocycles. The van der Waals surface area contributed by atoms with Crippen molar-refractivity contribution >= 4 is 34.8 Å². The molecular formula is C23H20ClN3O3. The second kappa shape index (κ2) is 10.2. The van der Waals surface area contributed by atoms with E-state index >= 15 is 0 Å². The molecule has 3 aromatic rings. The Hall–Kier alpha value is -3.64. The maximum Gasteiger partial charge on any atom is 0.329 e. The molecule has 0 fully saturated rings. The third-order valence-electron chi connectivity index (χ3n) is 4.17. The van der Waals surface area contributed by atoms with Crippen LogP contribution in [0.1, 0.15) is 18.1 Å². The number of nitrogens with one attached hydrogen (secondary N) is 2. The molecule has 0 aromatic heterocycles. The molecule has 0 saturated heterocycles. The molecule has 6 nitrogen and oxygen atoms in total. The molecule has 7 heteroatoms. The van der Waals surface area contributed by atoms with Crippen LogP contribution in [0.25, 0.3) is 0 Å². The van der Waals surface area contributed by atoms with Gasteiger partial charge in [-0.05, 0) is 54.4 Å². The molecule has 0 unspecified atom stereocenters. The number of ether oxygens (including phenoxy) is 1. The zero-order chi connectivity index (χ0) is 21.3. The molecule has 0 aliphatic carbocycles. The molecule has 0 aliphatic rings. The van der Waals surface area contributed by atoms with Crippen molar-refractivity contribution in [3.05, 3.63) is 95.0 Å². The molecule has 0 radical (unpaired) electrons. The van der Waals surface area contributed by atoms with Crippen LogP contribution in [0.3, 0.4) is 0 Å². The van der Waals surface area contributed by atoms with Gasteiger partial charge in [-0.25, -0.2) is 5.43 Å². The Morgan fingerprint density at radius 2 is 1.57 bits per heavy atom. The first-order chi connectivity index (χ1) is 14.5. The minimum atomic E-state index is -0.892. The number of hydrogen-bond donors (Lipinski definition) is 2. The summed E-state index contributed by atoms with van der Waals surface area (Å²) in [5, 5.41) is 6.77. The van der Waals surface area contributed by atoms with E-state index in [-0.39, 0.29) is 0 Å². The Kier molecular flexibility index (Phi) is 7.19. The van der Waals surface area contributed by atoms with Gasteiger partial charge in [0, 0.05) is 0 Å². The van der Waals surface area contributed by atoms with Gasteiger partial charge in [-0.1, -0.05) is 54.1 Å². The summed E-state index contributed by atoms with van der Waals surface area (Å²) < 4.78 is 5.75. The van der Waals surface area contributed by atoms with Gasteiger partial charge in [-0.15, -0.1) is 0 Å². The molecule has 30 heavy (non-hydrogen) atoms. The number of carbonyl (C=O) groups excluding carboxylic acids is 2. The summed E-state index contributed by atoms with van der Waals surface area (Å²) in [4.78, 5) is 24.0. The lowest BCUT2D eigenvalue weighted by Gasteiger charge is -2.08. The van der Waals surface area contributed by atoms with Crippen molar-refractivity contribution in [2.75, 3.05) is 5.32 Å². The fraction of sp³-hybridized carbons (Fsp3) is 0.0870. The number of anilines is 1. The van der Waals surface area contributed by atoms with Crippen LogP contribution in [0.2, 0.25) is 5.02 Å². The monoisotopic (exact) mass is 421 g/mol. The van der Waals surface area contributed by atoms with Crippen LogP contribution < -0.4 is 15.5 Å². The van der Waals surface area contributed by atoms with Crippen LogP contribution in [0.4, 0.5) is 5.69 Å². The second-order valence-corrected chi connectivity index (χ2v) is 6.78. The normalized spacial score (nSPS) is 10.9. The van der Waals surface area contributed by atoms with Gasteiger partial charge in [0.2, 0.25) is 0 Å². The highest BCUT2D eigenvalue weighted by atomic mass is 35.5. The number of hydrogen-bond acceptors (Lipinski definition) is 4. The maximum atomic E-state index is 12.0. The van der Waals surface area contributed by atoms with Gasteiger partial charge in [-0.3, -0.25) is 9.59 Å². The molecule has 2 N–H and O–H groups in total. The number of amides is 2. The van der Waals surface area contributed by atoms with Gasteiger partial charge in [0.05, 0.1) is 16.4 Å². The summed E-state index contributed by atoms with van der Waals surface area (Å²) in [7, 11) is 0. The van der Waals surface area contributed by atoms with Gasteiger partial charge >= 0.3 is 11.8 Å².